The van der Waals surface area contributed by atoms with Crippen molar-refractivity contribution >= 4 is 18.2 Å². The lowest BCUT2D eigenvalue weighted by molar-refractivity contribution is -0.108. The molecule has 0 radical (unpaired) electrons. The van der Waals surface area contributed by atoms with Crippen molar-refractivity contribution < 1.29 is 4.79 Å². The Morgan fingerprint density at radius 1 is 1.25 bits per heavy atom. The zero-order valence-electron chi connectivity index (χ0n) is 10.4. The third-order valence-electron chi connectivity index (χ3n) is 2.80. The van der Waals surface area contributed by atoms with Gasteiger partial charge in [-0.05, 0) is 56.9 Å². The highest BCUT2D eigenvalue weighted by Gasteiger charge is 2.11. The number of thioether (sulfide) groups is 1. The quantitative estimate of drug-likeness (QED) is 0.752. The van der Waals surface area contributed by atoms with Crippen LogP contribution in [0, 0.1) is 0 Å². The van der Waals surface area contributed by atoms with Gasteiger partial charge in [0.15, 0.2) is 0 Å². The standard InChI is InChI=1S/C13H21NOS/c1-10(2)13(14-9-15)16-12-8-6-4-5-7-11(12)3/h9H,4-8H2,1-3H3,(H,14,15). The zero-order valence-corrected chi connectivity index (χ0v) is 11.2. The van der Waals surface area contributed by atoms with Gasteiger partial charge in [0.05, 0.1) is 5.03 Å². The summed E-state index contributed by atoms with van der Waals surface area (Å²) >= 11 is 1.74. The first-order valence-electron chi connectivity index (χ1n) is 5.89. The Morgan fingerprint density at radius 2 is 1.94 bits per heavy atom. The van der Waals surface area contributed by atoms with Crippen LogP contribution in [0.15, 0.2) is 21.1 Å². The molecular weight excluding hydrogens is 218 g/mol. The Labute approximate surface area is 103 Å². The van der Waals surface area contributed by atoms with Gasteiger partial charge in [-0.1, -0.05) is 23.8 Å². The Kier molecular flexibility index (Phi) is 5.67. The summed E-state index contributed by atoms with van der Waals surface area (Å²) in [5.74, 6) is 0. The SMILES string of the molecule is CC(C)=C(NC=O)SC1=C(C)CCCCC1. The molecule has 1 aliphatic carbocycles. The largest absolute Gasteiger partial charge is 0.323 e. The van der Waals surface area contributed by atoms with Gasteiger partial charge < -0.3 is 5.32 Å². The minimum Gasteiger partial charge on any atom is -0.323 e. The van der Waals surface area contributed by atoms with Crippen LogP contribution < -0.4 is 5.32 Å². The molecule has 0 fully saturated rings. The molecule has 3 heteroatoms. The van der Waals surface area contributed by atoms with Crippen LogP contribution >= 0.6 is 11.8 Å². The van der Waals surface area contributed by atoms with E-state index in [-0.39, 0.29) is 0 Å². The van der Waals surface area contributed by atoms with Crippen LogP contribution in [0.4, 0.5) is 0 Å². The van der Waals surface area contributed by atoms with Crippen molar-refractivity contribution in [2.24, 2.45) is 0 Å². The molecule has 1 aliphatic rings. The van der Waals surface area contributed by atoms with E-state index in [9.17, 15) is 4.79 Å². The molecule has 0 aromatic rings. The normalized spacial score (nSPS) is 16.7. The van der Waals surface area contributed by atoms with Gasteiger partial charge in [0.25, 0.3) is 0 Å². The van der Waals surface area contributed by atoms with E-state index < -0.39 is 0 Å². The number of carbonyl (C=O) groups is 1. The molecule has 0 heterocycles. The molecule has 0 spiro atoms. The average molecular weight is 239 g/mol. The number of rotatable bonds is 4. The molecule has 1 N–H and O–H groups in total. The van der Waals surface area contributed by atoms with Crippen molar-refractivity contribution in [1.29, 1.82) is 0 Å². The minimum absolute atomic E-state index is 0.766. The molecule has 2 nitrogen and oxygen atoms in total. The molecule has 0 saturated carbocycles. The van der Waals surface area contributed by atoms with Crippen LogP contribution in [0.5, 0.6) is 0 Å². The maximum atomic E-state index is 10.5. The predicted octanol–water partition coefficient (Wildman–Crippen LogP) is 3.96. The first-order chi connectivity index (χ1) is 7.65. The predicted molar refractivity (Wildman–Crippen MR) is 70.9 cm³/mol. The van der Waals surface area contributed by atoms with Gasteiger partial charge in [0.2, 0.25) is 6.41 Å². The fraction of sp³-hybridized carbons (Fsp3) is 0.615. The highest BCUT2D eigenvalue weighted by atomic mass is 32.2. The van der Waals surface area contributed by atoms with Gasteiger partial charge in [0, 0.05) is 0 Å². The fourth-order valence-electron chi connectivity index (χ4n) is 1.80. The first kappa shape index (κ1) is 13.4. The third-order valence-corrected chi connectivity index (χ3v) is 4.33. The second-order valence-corrected chi connectivity index (χ2v) is 5.56. The molecular formula is C13H21NOS. The van der Waals surface area contributed by atoms with E-state index in [4.69, 9.17) is 0 Å². The molecule has 0 saturated heterocycles. The Hall–Kier alpha value is -0.700. The summed E-state index contributed by atoms with van der Waals surface area (Å²) in [6, 6.07) is 0. The smallest absolute Gasteiger partial charge is 0.211 e. The minimum atomic E-state index is 0.766. The van der Waals surface area contributed by atoms with Gasteiger partial charge in [-0.15, -0.1) is 0 Å². The van der Waals surface area contributed by atoms with Crippen molar-refractivity contribution in [2.45, 2.75) is 52.9 Å². The van der Waals surface area contributed by atoms with Crippen LogP contribution in [-0.2, 0) is 4.79 Å². The van der Waals surface area contributed by atoms with Crippen molar-refractivity contribution in [1.82, 2.24) is 5.32 Å². The van der Waals surface area contributed by atoms with Crippen LogP contribution in [0.2, 0.25) is 0 Å². The van der Waals surface area contributed by atoms with Gasteiger partial charge in [-0.2, -0.15) is 0 Å². The maximum Gasteiger partial charge on any atom is 0.211 e. The van der Waals surface area contributed by atoms with Crippen LogP contribution in [0.25, 0.3) is 0 Å². The van der Waals surface area contributed by atoms with Crippen molar-refractivity contribution in [3.63, 3.8) is 0 Å². The number of amides is 1. The Balaban J connectivity index is 2.76. The van der Waals surface area contributed by atoms with Crippen LogP contribution in [0.3, 0.4) is 0 Å². The fourth-order valence-corrected chi connectivity index (χ4v) is 2.88. The summed E-state index contributed by atoms with van der Waals surface area (Å²) in [6.07, 6.45) is 7.04. The zero-order chi connectivity index (χ0) is 12.0. The Bertz CT molecular complexity index is 314. The summed E-state index contributed by atoms with van der Waals surface area (Å²) in [5.41, 5.74) is 2.66. The highest BCUT2D eigenvalue weighted by Crippen LogP contribution is 2.35. The second kappa shape index (κ2) is 6.79. The van der Waals surface area contributed by atoms with E-state index in [1.807, 2.05) is 13.8 Å². The van der Waals surface area contributed by atoms with Gasteiger partial charge in [0.1, 0.15) is 0 Å². The Morgan fingerprint density at radius 3 is 2.56 bits per heavy atom. The lowest BCUT2D eigenvalue weighted by Crippen LogP contribution is -2.09. The number of allylic oxidation sites excluding steroid dienone is 3. The summed E-state index contributed by atoms with van der Waals surface area (Å²) in [6.45, 7) is 6.29. The molecule has 0 atom stereocenters. The molecule has 0 aliphatic heterocycles. The van der Waals surface area contributed by atoms with E-state index in [2.05, 4.69) is 12.2 Å². The van der Waals surface area contributed by atoms with E-state index >= 15 is 0 Å². The number of hydrogen-bond donors (Lipinski definition) is 1. The molecule has 90 valence electrons. The molecule has 0 bridgehead atoms. The summed E-state index contributed by atoms with van der Waals surface area (Å²) in [4.78, 5) is 12.0. The molecule has 0 aromatic heterocycles. The average Bonchev–Trinajstić information content (AvgIpc) is 2.43. The van der Waals surface area contributed by atoms with Crippen LogP contribution in [-0.4, -0.2) is 6.41 Å². The van der Waals surface area contributed by atoms with Gasteiger partial charge >= 0.3 is 0 Å². The van der Waals surface area contributed by atoms with E-state index in [1.54, 1.807) is 11.8 Å². The summed E-state index contributed by atoms with van der Waals surface area (Å²) < 4.78 is 0. The van der Waals surface area contributed by atoms with Crippen molar-refractivity contribution in [2.75, 3.05) is 0 Å². The van der Waals surface area contributed by atoms with Crippen molar-refractivity contribution in [3.05, 3.63) is 21.1 Å². The topological polar surface area (TPSA) is 29.1 Å². The van der Waals surface area contributed by atoms with E-state index in [0.717, 1.165) is 17.9 Å². The van der Waals surface area contributed by atoms with E-state index in [0.29, 0.717) is 0 Å². The van der Waals surface area contributed by atoms with Gasteiger partial charge in [-0.25, -0.2) is 0 Å². The monoisotopic (exact) mass is 239 g/mol. The van der Waals surface area contributed by atoms with Gasteiger partial charge in [-0.3, -0.25) is 4.79 Å². The second-order valence-electron chi connectivity index (χ2n) is 4.46. The number of nitrogens with one attached hydrogen (secondary N) is 1. The molecule has 1 rings (SSSR count). The maximum absolute atomic E-state index is 10.5. The number of carbonyl (C=O) groups excluding carboxylic acids is 1. The molecule has 0 aromatic carbocycles. The molecule has 1 amide bonds. The molecule has 0 unspecified atom stereocenters. The summed E-state index contributed by atoms with van der Waals surface area (Å²) in [7, 11) is 0. The van der Waals surface area contributed by atoms with E-state index in [1.165, 1.54) is 41.7 Å². The summed E-state index contributed by atoms with van der Waals surface area (Å²) in [5, 5.41) is 3.79. The number of hydrogen-bond acceptors (Lipinski definition) is 2. The third kappa shape index (κ3) is 4.05. The highest BCUT2D eigenvalue weighted by molar-refractivity contribution is 8.06. The lowest BCUT2D eigenvalue weighted by atomic mass is 10.2. The lowest BCUT2D eigenvalue weighted by Gasteiger charge is -2.12. The molecule has 16 heavy (non-hydrogen) atoms. The first-order valence-corrected chi connectivity index (χ1v) is 6.71. The van der Waals surface area contributed by atoms with Crippen molar-refractivity contribution in [3.8, 4) is 0 Å². The van der Waals surface area contributed by atoms with Crippen LogP contribution in [0.1, 0.15) is 52.9 Å².